The van der Waals surface area contributed by atoms with Crippen molar-refractivity contribution >= 4 is 18.0 Å². The monoisotopic (exact) mass is 255 g/mol. The van der Waals surface area contributed by atoms with Crippen LogP contribution in [0.2, 0.25) is 0 Å². The van der Waals surface area contributed by atoms with Gasteiger partial charge in [0.1, 0.15) is 5.76 Å². The van der Waals surface area contributed by atoms with Gasteiger partial charge in [-0.25, -0.2) is 9.78 Å². The summed E-state index contributed by atoms with van der Waals surface area (Å²) in [6.45, 7) is 5.21. The fourth-order valence-electron chi connectivity index (χ4n) is 1.33. The van der Waals surface area contributed by atoms with E-state index in [9.17, 15) is 9.59 Å². The van der Waals surface area contributed by atoms with Gasteiger partial charge in [0.15, 0.2) is 0 Å². The molecule has 0 aliphatic rings. The molecule has 0 spiro atoms. The van der Waals surface area contributed by atoms with E-state index in [1.54, 1.807) is 20.8 Å². The number of oxazole rings is 1. The van der Waals surface area contributed by atoms with Crippen LogP contribution >= 0.6 is 0 Å². The largest absolute Gasteiger partial charge is 0.481 e. The molecule has 0 aliphatic carbocycles. The highest BCUT2D eigenvalue weighted by atomic mass is 16.4. The van der Waals surface area contributed by atoms with Crippen molar-refractivity contribution in [3.05, 3.63) is 12.0 Å². The van der Waals surface area contributed by atoms with E-state index in [0.29, 0.717) is 12.2 Å². The van der Waals surface area contributed by atoms with Crippen LogP contribution in [0.1, 0.15) is 32.4 Å². The molecule has 0 fully saturated rings. The number of nitrogens with zero attached hydrogens (tertiary/aromatic N) is 1. The highest BCUT2D eigenvalue weighted by Crippen LogP contribution is 2.12. The van der Waals surface area contributed by atoms with Gasteiger partial charge in [-0.05, 0) is 27.2 Å². The average molecular weight is 255 g/mol. The number of rotatable bonds is 5. The van der Waals surface area contributed by atoms with Crippen LogP contribution in [-0.4, -0.2) is 27.6 Å². The van der Waals surface area contributed by atoms with Crippen molar-refractivity contribution in [1.29, 1.82) is 0 Å². The van der Waals surface area contributed by atoms with E-state index in [1.165, 1.54) is 6.20 Å². The molecule has 0 unspecified atom stereocenters. The van der Waals surface area contributed by atoms with Crippen LogP contribution in [0.3, 0.4) is 0 Å². The molecule has 7 nitrogen and oxygen atoms in total. The molecule has 0 bridgehead atoms. The van der Waals surface area contributed by atoms with Gasteiger partial charge in [-0.2, -0.15) is 0 Å². The van der Waals surface area contributed by atoms with E-state index in [4.69, 9.17) is 9.52 Å². The van der Waals surface area contributed by atoms with Gasteiger partial charge < -0.3 is 14.8 Å². The summed E-state index contributed by atoms with van der Waals surface area (Å²) in [6.07, 6.45) is 1.82. The van der Waals surface area contributed by atoms with E-state index in [-0.39, 0.29) is 12.4 Å². The summed E-state index contributed by atoms with van der Waals surface area (Å²) in [5.41, 5.74) is -0.621. The number of carboxylic acid groups (broad SMARTS) is 1. The second-order valence-electron chi connectivity index (χ2n) is 4.63. The molecule has 3 N–H and O–H groups in total. The number of hydrogen-bond acceptors (Lipinski definition) is 4. The maximum Gasteiger partial charge on any atom is 0.323 e. The second-order valence-corrected chi connectivity index (χ2v) is 4.63. The normalized spacial score (nSPS) is 11.1. The van der Waals surface area contributed by atoms with Crippen LogP contribution in [0.25, 0.3) is 0 Å². The first-order valence-corrected chi connectivity index (χ1v) is 5.52. The van der Waals surface area contributed by atoms with Crippen molar-refractivity contribution in [2.75, 3.05) is 5.32 Å². The van der Waals surface area contributed by atoms with Crippen LogP contribution in [0.15, 0.2) is 10.6 Å². The van der Waals surface area contributed by atoms with Crippen molar-refractivity contribution < 1.29 is 19.1 Å². The Morgan fingerprint density at radius 2 is 2.17 bits per heavy atom. The molecule has 0 radical (unpaired) electrons. The minimum Gasteiger partial charge on any atom is -0.481 e. The molecule has 1 heterocycles. The number of carboxylic acids is 1. The number of carbonyl (C=O) groups excluding carboxylic acids is 1. The summed E-state index contributed by atoms with van der Waals surface area (Å²) in [4.78, 5) is 25.9. The third-order valence-corrected chi connectivity index (χ3v) is 2.26. The average Bonchev–Trinajstić information content (AvgIpc) is 2.60. The Bertz CT molecular complexity index is 439. The molecule has 0 aliphatic heterocycles. The Balaban J connectivity index is 2.45. The SMILES string of the molecule is Cc1cnc(NC(=O)NC(C)(C)CCC(=O)O)o1. The fraction of sp³-hybridized carbons (Fsp3) is 0.545. The van der Waals surface area contributed by atoms with E-state index >= 15 is 0 Å². The third-order valence-electron chi connectivity index (χ3n) is 2.26. The van der Waals surface area contributed by atoms with Gasteiger partial charge in [0.05, 0.1) is 6.20 Å². The summed E-state index contributed by atoms with van der Waals surface area (Å²) < 4.78 is 5.09. The number of aryl methyl sites for hydroxylation is 1. The number of anilines is 1. The predicted molar refractivity (Wildman–Crippen MR) is 64.3 cm³/mol. The molecule has 2 amide bonds. The molecule has 1 aromatic heterocycles. The van der Waals surface area contributed by atoms with Crippen molar-refractivity contribution in [3.63, 3.8) is 0 Å². The Morgan fingerprint density at radius 1 is 1.50 bits per heavy atom. The second kappa shape index (κ2) is 5.52. The Labute approximate surface area is 105 Å². The molecule has 1 aromatic rings. The molecule has 0 atom stereocenters. The highest BCUT2D eigenvalue weighted by molar-refractivity contribution is 5.87. The minimum atomic E-state index is -0.895. The van der Waals surface area contributed by atoms with Gasteiger partial charge in [-0.15, -0.1) is 0 Å². The molecule has 7 heteroatoms. The van der Waals surface area contributed by atoms with Gasteiger partial charge >= 0.3 is 18.0 Å². The summed E-state index contributed by atoms with van der Waals surface area (Å²) in [7, 11) is 0. The fourth-order valence-corrected chi connectivity index (χ4v) is 1.33. The standard InChI is InChI=1S/C11H17N3O4/c1-7-6-12-10(18-7)13-9(17)14-11(2,3)5-4-8(15)16/h6H,4-5H2,1-3H3,(H,15,16)(H2,12,13,14,17). The zero-order chi connectivity index (χ0) is 13.8. The number of urea groups is 1. The number of aromatic nitrogens is 1. The lowest BCUT2D eigenvalue weighted by Crippen LogP contribution is -2.45. The molecule has 18 heavy (non-hydrogen) atoms. The van der Waals surface area contributed by atoms with E-state index in [1.807, 2.05) is 0 Å². The summed E-state index contributed by atoms with van der Waals surface area (Å²) in [6, 6.07) is -0.369. The lowest BCUT2D eigenvalue weighted by molar-refractivity contribution is -0.137. The number of aliphatic carboxylic acids is 1. The predicted octanol–water partition coefficient (Wildman–Crippen LogP) is 1.75. The maximum absolute atomic E-state index is 11.6. The first kappa shape index (κ1) is 14.0. The lowest BCUT2D eigenvalue weighted by atomic mass is 9.99. The van der Waals surface area contributed by atoms with Crippen molar-refractivity contribution in [2.45, 2.75) is 39.2 Å². The Morgan fingerprint density at radius 3 is 2.67 bits per heavy atom. The lowest BCUT2D eigenvalue weighted by Gasteiger charge is -2.25. The molecule has 1 rings (SSSR count). The zero-order valence-corrected chi connectivity index (χ0v) is 10.6. The number of amides is 2. The number of nitrogens with one attached hydrogen (secondary N) is 2. The molecular formula is C11H17N3O4. The van der Waals surface area contributed by atoms with Crippen LogP contribution in [0.5, 0.6) is 0 Å². The van der Waals surface area contributed by atoms with Gasteiger partial charge in [-0.3, -0.25) is 10.1 Å². The van der Waals surface area contributed by atoms with Crippen LogP contribution in [0.4, 0.5) is 10.8 Å². The van der Waals surface area contributed by atoms with Crippen LogP contribution in [0, 0.1) is 6.92 Å². The quantitative estimate of drug-likeness (QED) is 0.743. The first-order chi connectivity index (χ1) is 8.28. The van der Waals surface area contributed by atoms with Crippen LogP contribution < -0.4 is 10.6 Å². The Hall–Kier alpha value is -2.05. The van der Waals surface area contributed by atoms with E-state index < -0.39 is 17.5 Å². The summed E-state index contributed by atoms with van der Waals surface area (Å²) in [5, 5.41) is 13.7. The molecule has 0 aromatic carbocycles. The molecule has 100 valence electrons. The smallest absolute Gasteiger partial charge is 0.323 e. The number of carbonyl (C=O) groups is 2. The van der Waals surface area contributed by atoms with Gasteiger partial charge in [0.25, 0.3) is 0 Å². The summed E-state index contributed by atoms with van der Waals surface area (Å²) >= 11 is 0. The van der Waals surface area contributed by atoms with Gasteiger partial charge in [0, 0.05) is 12.0 Å². The Kier molecular flexibility index (Phi) is 4.30. The van der Waals surface area contributed by atoms with Crippen LogP contribution in [-0.2, 0) is 4.79 Å². The number of hydrogen-bond donors (Lipinski definition) is 3. The van der Waals surface area contributed by atoms with Crippen molar-refractivity contribution in [2.24, 2.45) is 0 Å². The van der Waals surface area contributed by atoms with Crippen molar-refractivity contribution in [1.82, 2.24) is 10.3 Å². The topological polar surface area (TPSA) is 104 Å². The molecule has 0 saturated carbocycles. The highest BCUT2D eigenvalue weighted by Gasteiger charge is 2.22. The molecule has 0 saturated heterocycles. The summed E-state index contributed by atoms with van der Waals surface area (Å²) in [5.74, 6) is -0.302. The minimum absolute atomic E-state index is 0.00854. The van der Waals surface area contributed by atoms with Crippen molar-refractivity contribution in [3.8, 4) is 0 Å². The zero-order valence-electron chi connectivity index (χ0n) is 10.6. The van der Waals surface area contributed by atoms with Gasteiger partial charge in [-0.1, -0.05) is 0 Å². The van der Waals surface area contributed by atoms with E-state index in [2.05, 4.69) is 15.6 Å². The van der Waals surface area contributed by atoms with Gasteiger partial charge in [0.2, 0.25) is 0 Å². The molecular weight excluding hydrogens is 238 g/mol. The van der Waals surface area contributed by atoms with E-state index in [0.717, 1.165) is 0 Å². The first-order valence-electron chi connectivity index (χ1n) is 5.52. The third kappa shape index (κ3) is 4.86. The maximum atomic E-state index is 11.6.